The van der Waals surface area contributed by atoms with Crippen LogP contribution in [0.3, 0.4) is 0 Å². The van der Waals surface area contributed by atoms with Crippen LogP contribution in [-0.4, -0.2) is 28.8 Å². The van der Waals surface area contributed by atoms with Crippen LogP contribution in [0.2, 0.25) is 0 Å². The molecule has 2 aliphatic carbocycles. The Balaban J connectivity index is 1.55. The number of pyridine rings is 1. The van der Waals surface area contributed by atoms with Gasteiger partial charge in [0, 0.05) is 11.6 Å². The molecule has 3 rings (SSSR count). The number of hydrogen-bond donors (Lipinski definition) is 1. The van der Waals surface area contributed by atoms with Crippen molar-refractivity contribution in [3.8, 4) is 0 Å². The summed E-state index contributed by atoms with van der Waals surface area (Å²) in [5.74, 6) is 0.295. The van der Waals surface area contributed by atoms with E-state index in [0.29, 0.717) is 17.2 Å². The van der Waals surface area contributed by atoms with Crippen LogP contribution in [0, 0.1) is 16.7 Å². The average Bonchev–Trinajstić information content (AvgIpc) is 2.92. The highest BCUT2D eigenvalue weighted by Crippen LogP contribution is 2.66. The number of alkyl carbamates (subject to hydrolysis) is 1. The van der Waals surface area contributed by atoms with E-state index in [1.807, 2.05) is 20.8 Å². The highest BCUT2D eigenvalue weighted by atomic mass is 16.6. The van der Waals surface area contributed by atoms with Gasteiger partial charge in [0.05, 0.1) is 17.8 Å². The summed E-state index contributed by atoms with van der Waals surface area (Å²) < 4.78 is 11.1. The average molecular weight is 389 g/mol. The number of esters is 1. The molecule has 2 aliphatic rings. The molecule has 0 aromatic carbocycles. The lowest BCUT2D eigenvalue weighted by atomic mass is 9.70. The van der Waals surface area contributed by atoms with E-state index in [-0.39, 0.29) is 29.4 Å². The van der Waals surface area contributed by atoms with Gasteiger partial charge in [0.1, 0.15) is 11.7 Å². The molecule has 2 bridgehead atoms. The van der Waals surface area contributed by atoms with Crippen LogP contribution < -0.4 is 5.32 Å². The van der Waals surface area contributed by atoms with Crippen LogP contribution in [0.4, 0.5) is 4.79 Å². The van der Waals surface area contributed by atoms with Crippen LogP contribution in [0.1, 0.15) is 76.9 Å². The monoisotopic (exact) mass is 388 g/mol. The smallest absolute Gasteiger partial charge is 0.407 e. The maximum absolute atomic E-state index is 12.6. The molecule has 0 unspecified atom stereocenters. The molecule has 1 N–H and O–H groups in total. The van der Waals surface area contributed by atoms with Crippen molar-refractivity contribution in [1.82, 2.24) is 10.3 Å². The zero-order chi connectivity index (χ0) is 20.7. The van der Waals surface area contributed by atoms with Gasteiger partial charge >= 0.3 is 12.1 Å². The van der Waals surface area contributed by atoms with E-state index in [1.54, 1.807) is 12.1 Å². The molecule has 0 saturated heterocycles. The summed E-state index contributed by atoms with van der Waals surface area (Å²) >= 11 is 0. The van der Waals surface area contributed by atoms with Gasteiger partial charge in [-0.1, -0.05) is 20.8 Å². The van der Waals surface area contributed by atoms with Gasteiger partial charge in [0.15, 0.2) is 0 Å². The molecule has 1 aromatic heterocycles. The van der Waals surface area contributed by atoms with Gasteiger partial charge in [-0.2, -0.15) is 0 Å². The second kappa shape index (κ2) is 7.05. The summed E-state index contributed by atoms with van der Waals surface area (Å²) in [7, 11) is 0. The molecule has 6 nitrogen and oxygen atoms in total. The molecule has 1 amide bonds. The number of fused-ring (bicyclic) bond motifs is 2. The minimum Gasteiger partial charge on any atom is -0.458 e. The number of nitrogens with zero attached hydrogens (tertiary/aromatic N) is 1. The molecule has 1 aromatic rings. The summed E-state index contributed by atoms with van der Waals surface area (Å²) in [5.41, 5.74) is 0.780. The third-order valence-corrected chi connectivity index (χ3v) is 6.84. The molecule has 3 atom stereocenters. The Morgan fingerprint density at radius 1 is 1.25 bits per heavy atom. The van der Waals surface area contributed by atoms with Gasteiger partial charge < -0.3 is 14.8 Å². The van der Waals surface area contributed by atoms with E-state index in [4.69, 9.17) is 9.47 Å². The highest BCUT2D eigenvalue weighted by molar-refractivity contribution is 5.89. The SMILES string of the molecule is CC(C)(C)OC(=O)NCc1ccc(C(=O)O[C@@H]2C[C@@H]3CC[C@@]2(C)C3(C)C)cn1. The van der Waals surface area contributed by atoms with Crippen molar-refractivity contribution in [3.63, 3.8) is 0 Å². The molecule has 0 radical (unpaired) electrons. The maximum atomic E-state index is 12.6. The lowest BCUT2D eigenvalue weighted by Gasteiger charge is -2.38. The molecular formula is C22H32N2O4. The molecule has 2 saturated carbocycles. The minimum absolute atomic E-state index is 0.0396. The van der Waals surface area contributed by atoms with Crippen molar-refractivity contribution in [2.45, 2.75) is 79.1 Å². The fraction of sp³-hybridized carbons (Fsp3) is 0.682. The molecule has 28 heavy (non-hydrogen) atoms. The first-order valence-corrected chi connectivity index (χ1v) is 10.1. The topological polar surface area (TPSA) is 77.5 Å². The summed E-state index contributed by atoms with van der Waals surface area (Å²) in [4.78, 5) is 28.6. The Labute approximate surface area is 167 Å². The number of carbonyl (C=O) groups excluding carboxylic acids is 2. The van der Waals surface area contributed by atoms with Crippen molar-refractivity contribution in [2.24, 2.45) is 16.7 Å². The van der Waals surface area contributed by atoms with Crippen molar-refractivity contribution in [1.29, 1.82) is 0 Å². The van der Waals surface area contributed by atoms with Gasteiger partial charge in [-0.25, -0.2) is 9.59 Å². The number of ether oxygens (including phenoxy) is 2. The summed E-state index contributed by atoms with van der Waals surface area (Å²) in [6, 6.07) is 3.42. The maximum Gasteiger partial charge on any atom is 0.407 e. The third kappa shape index (κ3) is 3.87. The molecule has 0 aliphatic heterocycles. The van der Waals surface area contributed by atoms with E-state index >= 15 is 0 Å². The van der Waals surface area contributed by atoms with Gasteiger partial charge in [-0.15, -0.1) is 0 Å². The fourth-order valence-corrected chi connectivity index (χ4v) is 4.63. The van der Waals surface area contributed by atoms with Gasteiger partial charge in [-0.05, 0) is 63.5 Å². The number of aromatic nitrogens is 1. The summed E-state index contributed by atoms with van der Waals surface area (Å²) in [6.45, 7) is 12.5. The highest BCUT2D eigenvalue weighted by Gasteiger charge is 2.62. The number of amides is 1. The lowest BCUT2D eigenvalue weighted by molar-refractivity contribution is -0.0243. The van der Waals surface area contributed by atoms with E-state index in [1.165, 1.54) is 12.6 Å². The van der Waals surface area contributed by atoms with E-state index in [9.17, 15) is 9.59 Å². The predicted molar refractivity (Wildman–Crippen MR) is 106 cm³/mol. The molecule has 0 spiro atoms. The first-order chi connectivity index (χ1) is 12.9. The first-order valence-electron chi connectivity index (χ1n) is 10.1. The predicted octanol–water partition coefficient (Wildman–Crippen LogP) is 4.48. The Morgan fingerprint density at radius 3 is 2.46 bits per heavy atom. The zero-order valence-electron chi connectivity index (χ0n) is 17.8. The standard InChI is InChI=1S/C22H32N2O4/c1-20(2,3)28-19(26)24-13-16-8-7-14(12-23-16)18(25)27-17-11-15-9-10-22(17,6)21(15,4)5/h7-8,12,15,17H,9-11,13H2,1-6H3,(H,24,26)/t15-,17+,22+/m0/s1. The Hall–Kier alpha value is -2.11. The van der Waals surface area contributed by atoms with Crippen LogP contribution in [0.25, 0.3) is 0 Å². The molecule has 154 valence electrons. The van der Waals surface area contributed by atoms with Crippen LogP contribution in [0.5, 0.6) is 0 Å². The van der Waals surface area contributed by atoms with E-state index < -0.39 is 11.7 Å². The molecule has 6 heteroatoms. The zero-order valence-corrected chi connectivity index (χ0v) is 17.8. The van der Waals surface area contributed by atoms with Crippen molar-refractivity contribution >= 4 is 12.1 Å². The van der Waals surface area contributed by atoms with Gasteiger partial charge in [0.2, 0.25) is 0 Å². The molecule has 1 heterocycles. The number of rotatable bonds is 4. The fourth-order valence-electron chi connectivity index (χ4n) is 4.63. The van der Waals surface area contributed by atoms with Crippen molar-refractivity contribution in [3.05, 3.63) is 29.6 Å². The normalized spacial score (nSPS) is 28.1. The minimum atomic E-state index is -0.546. The molecule has 2 fully saturated rings. The van der Waals surface area contributed by atoms with E-state index in [0.717, 1.165) is 12.8 Å². The summed E-state index contributed by atoms with van der Waals surface area (Å²) in [5, 5.41) is 2.66. The Bertz CT molecular complexity index is 751. The molecular weight excluding hydrogens is 356 g/mol. The summed E-state index contributed by atoms with van der Waals surface area (Å²) in [6.07, 6.45) is 4.25. The van der Waals surface area contributed by atoms with Gasteiger partial charge in [-0.3, -0.25) is 4.98 Å². The second-order valence-corrected chi connectivity index (χ2v) is 9.90. The van der Waals surface area contributed by atoms with Gasteiger partial charge in [0.25, 0.3) is 0 Å². The van der Waals surface area contributed by atoms with Crippen LogP contribution in [0.15, 0.2) is 18.3 Å². The van der Waals surface area contributed by atoms with Crippen molar-refractivity contribution < 1.29 is 19.1 Å². The quantitative estimate of drug-likeness (QED) is 0.770. The lowest BCUT2D eigenvalue weighted by Crippen LogP contribution is -2.38. The Morgan fingerprint density at radius 2 is 1.96 bits per heavy atom. The van der Waals surface area contributed by atoms with Crippen LogP contribution in [-0.2, 0) is 16.0 Å². The Kier molecular flexibility index (Phi) is 5.19. The van der Waals surface area contributed by atoms with E-state index in [2.05, 4.69) is 31.1 Å². The number of nitrogens with one attached hydrogen (secondary N) is 1. The first kappa shape index (κ1) is 20.6. The third-order valence-electron chi connectivity index (χ3n) is 6.84. The number of hydrogen-bond acceptors (Lipinski definition) is 5. The van der Waals surface area contributed by atoms with Crippen molar-refractivity contribution in [2.75, 3.05) is 0 Å². The number of carbonyl (C=O) groups is 2. The van der Waals surface area contributed by atoms with Crippen LogP contribution >= 0.6 is 0 Å². The second-order valence-electron chi connectivity index (χ2n) is 9.90. The largest absolute Gasteiger partial charge is 0.458 e.